The van der Waals surface area contributed by atoms with Crippen LogP contribution in [0.2, 0.25) is 0 Å². The summed E-state index contributed by atoms with van der Waals surface area (Å²) in [5.41, 5.74) is 0.872. The molecule has 0 atom stereocenters. The van der Waals surface area contributed by atoms with E-state index in [4.69, 9.17) is 4.84 Å². The highest BCUT2D eigenvalue weighted by atomic mass is 32.2. The van der Waals surface area contributed by atoms with Crippen LogP contribution in [0.15, 0.2) is 69.5 Å². The highest BCUT2D eigenvalue weighted by Gasteiger charge is 2.16. The van der Waals surface area contributed by atoms with Crippen molar-refractivity contribution >= 4 is 29.2 Å². The topological polar surface area (TPSA) is 55.7 Å². The fraction of sp³-hybridized carbons (Fsp3) is 0.375. The minimum Gasteiger partial charge on any atom is -0.318 e. The van der Waals surface area contributed by atoms with Crippen molar-refractivity contribution in [1.29, 1.82) is 0 Å². The van der Waals surface area contributed by atoms with Crippen molar-refractivity contribution in [3.8, 4) is 0 Å². The first-order valence-corrected chi connectivity index (χ1v) is 11.1. The van der Waals surface area contributed by atoms with Crippen LogP contribution < -0.4 is 0 Å². The third kappa shape index (κ3) is 8.24. The van der Waals surface area contributed by atoms with Gasteiger partial charge in [-0.2, -0.15) is 0 Å². The average Bonchev–Trinajstić information content (AvgIpc) is 2.74. The highest BCUT2D eigenvalue weighted by molar-refractivity contribution is 7.99. The van der Waals surface area contributed by atoms with Gasteiger partial charge in [-0.25, -0.2) is 4.79 Å². The molecule has 4 nitrogen and oxygen atoms in total. The maximum atomic E-state index is 12.9. The van der Waals surface area contributed by atoms with E-state index in [1.807, 2.05) is 49.4 Å². The second-order valence-electron chi connectivity index (χ2n) is 6.83. The van der Waals surface area contributed by atoms with E-state index in [1.54, 1.807) is 11.8 Å². The van der Waals surface area contributed by atoms with Gasteiger partial charge in [0.15, 0.2) is 0 Å². The number of carbonyl (C=O) groups is 2. The zero-order valence-electron chi connectivity index (χ0n) is 17.2. The van der Waals surface area contributed by atoms with E-state index in [0.717, 1.165) is 35.5 Å². The molecule has 5 heteroatoms. The Morgan fingerprint density at radius 1 is 0.828 bits per heavy atom. The minimum absolute atomic E-state index is 0.179. The predicted octanol–water partition coefficient (Wildman–Crippen LogP) is 6.69. The summed E-state index contributed by atoms with van der Waals surface area (Å²) in [7, 11) is 0. The first-order valence-electron chi connectivity index (χ1n) is 10.3. The fourth-order valence-corrected chi connectivity index (χ4v) is 3.58. The van der Waals surface area contributed by atoms with Gasteiger partial charge in [0, 0.05) is 21.8 Å². The van der Waals surface area contributed by atoms with E-state index >= 15 is 0 Å². The van der Waals surface area contributed by atoms with Crippen molar-refractivity contribution in [2.75, 3.05) is 0 Å². The molecule has 0 saturated carbocycles. The first kappa shape index (κ1) is 22.9. The summed E-state index contributed by atoms with van der Waals surface area (Å²) >= 11 is 1.64. The van der Waals surface area contributed by atoms with E-state index in [9.17, 15) is 9.59 Å². The number of rotatable bonds is 12. The van der Waals surface area contributed by atoms with E-state index < -0.39 is 5.97 Å². The van der Waals surface area contributed by atoms with Crippen LogP contribution >= 0.6 is 11.8 Å². The molecule has 0 spiro atoms. The lowest BCUT2D eigenvalue weighted by molar-refractivity contribution is -0.143. The van der Waals surface area contributed by atoms with Gasteiger partial charge in [-0.1, -0.05) is 68.2 Å². The van der Waals surface area contributed by atoms with Gasteiger partial charge >= 0.3 is 5.97 Å². The van der Waals surface area contributed by atoms with Crippen molar-refractivity contribution < 1.29 is 14.4 Å². The lowest BCUT2D eigenvalue weighted by Gasteiger charge is -2.07. The molecule has 0 amide bonds. The Morgan fingerprint density at radius 2 is 1.52 bits per heavy atom. The molecule has 2 rings (SSSR count). The monoisotopic (exact) mass is 411 g/mol. The maximum Gasteiger partial charge on any atom is 0.335 e. The number of unbranched alkanes of at least 4 members (excludes halogenated alkanes) is 3. The Hall–Kier alpha value is -2.40. The van der Waals surface area contributed by atoms with E-state index in [2.05, 4.69) is 24.2 Å². The summed E-state index contributed by atoms with van der Waals surface area (Å²) in [5.74, 6) is -0.581. The lowest BCUT2D eigenvalue weighted by atomic mass is 10.0. The fourth-order valence-electron chi connectivity index (χ4n) is 2.74. The summed E-state index contributed by atoms with van der Waals surface area (Å²) < 4.78 is 0. The molecule has 0 radical (unpaired) electrons. The molecule has 0 fully saturated rings. The number of nitrogens with zero attached hydrogens (tertiary/aromatic N) is 1. The van der Waals surface area contributed by atoms with Gasteiger partial charge in [0.05, 0.1) is 0 Å². The van der Waals surface area contributed by atoms with Gasteiger partial charge in [-0.3, -0.25) is 4.79 Å². The van der Waals surface area contributed by atoms with Gasteiger partial charge < -0.3 is 4.84 Å². The Bertz CT molecular complexity index is 801. The molecule has 0 aliphatic rings. The van der Waals surface area contributed by atoms with Crippen LogP contribution in [0.4, 0.5) is 0 Å². The van der Waals surface area contributed by atoms with Crippen LogP contribution in [-0.4, -0.2) is 17.5 Å². The highest BCUT2D eigenvalue weighted by Crippen LogP contribution is 2.27. The Labute approximate surface area is 177 Å². The van der Waals surface area contributed by atoms with Crippen molar-refractivity contribution in [3.05, 3.63) is 60.2 Å². The first-order chi connectivity index (χ1) is 14.1. The quantitative estimate of drug-likeness (QED) is 0.128. The summed E-state index contributed by atoms with van der Waals surface area (Å²) in [6.45, 7) is 4.04. The average molecular weight is 412 g/mol. The molecule has 0 N–H and O–H groups in total. The van der Waals surface area contributed by atoms with Gasteiger partial charge in [-0.05, 0) is 55.7 Å². The van der Waals surface area contributed by atoms with E-state index in [-0.39, 0.29) is 5.78 Å². The van der Waals surface area contributed by atoms with Crippen molar-refractivity contribution in [2.24, 2.45) is 5.16 Å². The number of oxime groups is 1. The molecule has 0 aliphatic heterocycles. The third-order valence-corrected chi connectivity index (χ3v) is 5.35. The van der Waals surface area contributed by atoms with Gasteiger partial charge in [-0.15, -0.1) is 0 Å². The smallest absolute Gasteiger partial charge is 0.318 e. The zero-order valence-corrected chi connectivity index (χ0v) is 18.0. The maximum absolute atomic E-state index is 12.9. The summed E-state index contributed by atoms with van der Waals surface area (Å²) in [6.07, 6.45) is 5.61. The molecule has 2 aromatic carbocycles. The molecular formula is C24H29NO3S. The molecule has 2 aromatic rings. The molecule has 0 heterocycles. The molecule has 154 valence electrons. The molecule has 0 bridgehead atoms. The van der Waals surface area contributed by atoms with Crippen molar-refractivity contribution in [1.82, 2.24) is 0 Å². The number of carbonyl (C=O) groups excluding carboxylic acids is 2. The molecule has 0 saturated heterocycles. The summed E-state index contributed by atoms with van der Waals surface area (Å²) in [4.78, 5) is 31.8. The van der Waals surface area contributed by atoms with E-state index in [0.29, 0.717) is 30.5 Å². The molecule has 0 aliphatic carbocycles. The van der Waals surface area contributed by atoms with Crippen molar-refractivity contribution in [2.45, 2.75) is 68.6 Å². The normalized spacial score (nSPS) is 11.3. The molecule has 29 heavy (non-hydrogen) atoms. The number of hydrogen-bond acceptors (Lipinski definition) is 5. The Balaban J connectivity index is 2.07. The van der Waals surface area contributed by atoms with Gasteiger partial charge in [0.2, 0.25) is 5.78 Å². The zero-order chi connectivity index (χ0) is 20.9. The van der Waals surface area contributed by atoms with Gasteiger partial charge in [0.25, 0.3) is 0 Å². The van der Waals surface area contributed by atoms with Crippen LogP contribution in [0.1, 0.15) is 69.2 Å². The van der Waals surface area contributed by atoms with Gasteiger partial charge in [0.1, 0.15) is 5.71 Å². The number of Topliss-reactive ketones (excluding diaryl/α,β-unsaturated/α-hetero) is 1. The second kappa shape index (κ2) is 12.9. The van der Waals surface area contributed by atoms with Crippen molar-refractivity contribution in [3.63, 3.8) is 0 Å². The van der Waals surface area contributed by atoms with Crippen LogP contribution in [0, 0.1) is 0 Å². The lowest BCUT2D eigenvalue weighted by Crippen LogP contribution is -2.16. The molecular weight excluding hydrogens is 382 g/mol. The Morgan fingerprint density at radius 3 is 2.17 bits per heavy atom. The largest absolute Gasteiger partial charge is 0.335 e. The third-order valence-electron chi connectivity index (χ3n) is 4.34. The SMILES string of the molecule is CCCCCCC(=NOC(=O)CCC)C(=O)c1ccc(Sc2ccccc2)cc1. The standard InChI is InChI=1S/C24H29NO3S/c1-3-5-6-10-14-22(25-28-23(26)11-4-2)24(27)19-15-17-21(18-16-19)29-20-12-8-7-9-13-20/h7-9,12-13,15-18H,3-6,10-11,14H2,1-2H3. The molecule has 0 unspecified atom stereocenters. The molecule has 0 aromatic heterocycles. The number of hydrogen-bond donors (Lipinski definition) is 0. The summed E-state index contributed by atoms with van der Waals surface area (Å²) in [6, 6.07) is 17.6. The minimum atomic E-state index is -0.402. The number of benzene rings is 2. The van der Waals surface area contributed by atoms with Crippen LogP contribution in [0.5, 0.6) is 0 Å². The van der Waals surface area contributed by atoms with Crippen LogP contribution in [0.3, 0.4) is 0 Å². The van der Waals surface area contributed by atoms with Crippen LogP contribution in [-0.2, 0) is 9.63 Å². The Kier molecular flexibility index (Phi) is 10.2. The van der Waals surface area contributed by atoms with Crippen LogP contribution in [0.25, 0.3) is 0 Å². The predicted molar refractivity (Wildman–Crippen MR) is 119 cm³/mol. The number of ketones is 1. The second-order valence-corrected chi connectivity index (χ2v) is 7.98. The summed E-state index contributed by atoms with van der Waals surface area (Å²) in [5, 5.41) is 3.92. The van der Waals surface area contributed by atoms with E-state index in [1.165, 1.54) is 0 Å².